The summed E-state index contributed by atoms with van der Waals surface area (Å²) in [4.78, 5) is 16.5. The highest BCUT2D eigenvalue weighted by atomic mass is 32.2. The highest BCUT2D eigenvalue weighted by molar-refractivity contribution is 7.90. The molecule has 3 N–H and O–H groups in total. The molecule has 13 heteroatoms. The van der Waals surface area contributed by atoms with Gasteiger partial charge in [0.05, 0.1) is 16.2 Å². The van der Waals surface area contributed by atoms with Gasteiger partial charge in [-0.3, -0.25) is 4.98 Å². The van der Waals surface area contributed by atoms with Crippen molar-refractivity contribution >= 4 is 26.0 Å². The number of pyridine rings is 1. The average molecular weight is 545 g/mol. The standard InChI is InChI=1S/C24H21FN4O6S2/c1-27-14-17-13-22(20-6-2-3-7-21(20)25)29(37(33,34)19-5-4-12-28-15-19)23(17)35-24(30)16-8-10-18(11-9-16)36(26,31)32/h2-13,15,27H,14H2,1H3,(H2,26,31,32). The summed E-state index contributed by atoms with van der Waals surface area (Å²) >= 11 is 0. The lowest BCUT2D eigenvalue weighted by Crippen LogP contribution is -2.20. The fraction of sp³-hybridized carbons (Fsp3) is 0.0833. The summed E-state index contributed by atoms with van der Waals surface area (Å²) in [6.45, 7) is 0.0734. The predicted molar refractivity (Wildman–Crippen MR) is 132 cm³/mol. The van der Waals surface area contributed by atoms with Gasteiger partial charge in [0.15, 0.2) is 0 Å². The van der Waals surface area contributed by atoms with Gasteiger partial charge in [0.2, 0.25) is 15.9 Å². The topological polar surface area (TPSA) is 150 Å². The number of rotatable bonds is 8. The number of esters is 1. The SMILES string of the molecule is CNCc1cc(-c2ccccc2F)n(S(=O)(=O)c2cccnc2)c1OC(=O)c1ccc(S(N)(=O)=O)cc1. The van der Waals surface area contributed by atoms with E-state index >= 15 is 0 Å². The molecule has 0 bridgehead atoms. The van der Waals surface area contributed by atoms with Crippen molar-refractivity contribution in [2.75, 3.05) is 7.05 Å². The number of nitrogens with two attached hydrogens (primary N) is 1. The quantitative estimate of drug-likeness (QED) is 0.321. The third kappa shape index (κ3) is 5.29. The number of benzene rings is 2. The number of ether oxygens (including phenoxy) is 1. The molecule has 4 rings (SSSR count). The van der Waals surface area contributed by atoms with Gasteiger partial charge in [-0.2, -0.15) is 0 Å². The Balaban J connectivity index is 1.91. The predicted octanol–water partition coefficient (Wildman–Crippen LogP) is 2.51. The Hall–Kier alpha value is -3.91. The highest BCUT2D eigenvalue weighted by Gasteiger charge is 2.31. The van der Waals surface area contributed by atoms with Gasteiger partial charge in [0.25, 0.3) is 10.0 Å². The van der Waals surface area contributed by atoms with Crippen LogP contribution in [0.15, 0.2) is 88.9 Å². The van der Waals surface area contributed by atoms with Gasteiger partial charge in [0, 0.05) is 30.1 Å². The molecule has 0 aliphatic carbocycles. The fourth-order valence-electron chi connectivity index (χ4n) is 3.58. The fourth-order valence-corrected chi connectivity index (χ4v) is 5.53. The lowest BCUT2D eigenvalue weighted by atomic mass is 10.1. The monoisotopic (exact) mass is 544 g/mol. The van der Waals surface area contributed by atoms with Crippen molar-refractivity contribution in [3.63, 3.8) is 0 Å². The molecule has 2 heterocycles. The van der Waals surface area contributed by atoms with Gasteiger partial charge in [0.1, 0.15) is 10.7 Å². The summed E-state index contributed by atoms with van der Waals surface area (Å²) in [5.74, 6) is -2.02. The summed E-state index contributed by atoms with van der Waals surface area (Å²) in [5, 5.41) is 7.97. The van der Waals surface area contributed by atoms with E-state index in [1.807, 2.05) is 0 Å². The molecule has 0 fully saturated rings. The lowest BCUT2D eigenvalue weighted by molar-refractivity contribution is 0.0724. The van der Waals surface area contributed by atoms with E-state index < -0.39 is 31.8 Å². The highest BCUT2D eigenvalue weighted by Crippen LogP contribution is 2.36. The van der Waals surface area contributed by atoms with Crippen molar-refractivity contribution in [2.45, 2.75) is 16.3 Å². The number of sulfonamides is 1. The molecule has 192 valence electrons. The van der Waals surface area contributed by atoms with Crippen LogP contribution in [0.4, 0.5) is 4.39 Å². The van der Waals surface area contributed by atoms with Crippen LogP contribution in [0.3, 0.4) is 0 Å². The van der Waals surface area contributed by atoms with Crippen molar-refractivity contribution in [1.82, 2.24) is 14.3 Å². The second kappa shape index (κ2) is 10.2. The number of nitrogens with one attached hydrogen (secondary N) is 1. The van der Waals surface area contributed by atoms with Gasteiger partial charge in [-0.1, -0.05) is 12.1 Å². The van der Waals surface area contributed by atoms with Crippen LogP contribution in [-0.4, -0.2) is 38.8 Å². The summed E-state index contributed by atoms with van der Waals surface area (Å²) in [5.41, 5.74) is 0.0798. The Morgan fingerprint density at radius 3 is 2.32 bits per heavy atom. The first-order valence-electron chi connectivity index (χ1n) is 10.7. The molecule has 0 unspecified atom stereocenters. The Bertz CT molecular complexity index is 1670. The van der Waals surface area contributed by atoms with Crippen LogP contribution in [0.2, 0.25) is 0 Å². The smallest absolute Gasteiger partial charge is 0.344 e. The number of carbonyl (C=O) groups is 1. The van der Waals surface area contributed by atoms with E-state index in [0.29, 0.717) is 0 Å². The molecule has 0 aliphatic rings. The minimum atomic E-state index is -4.43. The minimum Gasteiger partial charge on any atom is -0.404 e. The zero-order valence-corrected chi connectivity index (χ0v) is 21.0. The zero-order chi connectivity index (χ0) is 26.8. The first-order valence-corrected chi connectivity index (χ1v) is 13.7. The molecular weight excluding hydrogens is 523 g/mol. The van der Waals surface area contributed by atoms with E-state index in [4.69, 9.17) is 9.88 Å². The second-order valence-corrected chi connectivity index (χ2v) is 11.1. The number of nitrogens with zero attached hydrogens (tertiary/aromatic N) is 2. The second-order valence-electron chi connectivity index (χ2n) is 7.79. The van der Waals surface area contributed by atoms with Crippen molar-refractivity contribution in [1.29, 1.82) is 0 Å². The van der Waals surface area contributed by atoms with Crippen LogP contribution in [0.25, 0.3) is 11.3 Å². The third-order valence-corrected chi connectivity index (χ3v) is 7.90. The van der Waals surface area contributed by atoms with E-state index in [9.17, 15) is 26.0 Å². The molecule has 0 amide bonds. The molecule has 0 atom stereocenters. The van der Waals surface area contributed by atoms with Gasteiger partial charge < -0.3 is 10.1 Å². The van der Waals surface area contributed by atoms with E-state index in [2.05, 4.69) is 10.3 Å². The van der Waals surface area contributed by atoms with Crippen molar-refractivity contribution in [2.24, 2.45) is 5.14 Å². The van der Waals surface area contributed by atoms with E-state index in [0.717, 1.165) is 22.3 Å². The van der Waals surface area contributed by atoms with Gasteiger partial charge in [-0.25, -0.2) is 35.1 Å². The molecule has 0 radical (unpaired) electrons. The van der Waals surface area contributed by atoms with Gasteiger partial charge in [-0.15, -0.1) is 0 Å². The molecule has 37 heavy (non-hydrogen) atoms. The molecule has 0 saturated heterocycles. The van der Waals surface area contributed by atoms with Crippen LogP contribution in [-0.2, 0) is 26.6 Å². The van der Waals surface area contributed by atoms with Crippen LogP contribution in [0, 0.1) is 5.82 Å². The average Bonchev–Trinajstić information content (AvgIpc) is 3.23. The first kappa shape index (κ1) is 26.2. The van der Waals surface area contributed by atoms with Crippen LogP contribution < -0.4 is 15.2 Å². The Kier molecular flexibility index (Phi) is 7.23. The van der Waals surface area contributed by atoms with E-state index in [1.54, 1.807) is 13.1 Å². The van der Waals surface area contributed by atoms with Gasteiger partial charge >= 0.3 is 5.97 Å². The molecule has 0 spiro atoms. The molecule has 0 saturated carbocycles. The maximum absolute atomic E-state index is 14.8. The summed E-state index contributed by atoms with van der Waals surface area (Å²) < 4.78 is 71.7. The number of hydrogen-bond donors (Lipinski definition) is 2. The lowest BCUT2D eigenvalue weighted by Gasteiger charge is -2.15. The van der Waals surface area contributed by atoms with Gasteiger partial charge in [-0.05, 0) is 61.6 Å². The molecule has 10 nitrogen and oxygen atoms in total. The first-order chi connectivity index (χ1) is 17.5. The van der Waals surface area contributed by atoms with Crippen molar-refractivity contribution < 1.29 is 30.8 Å². The molecule has 2 aromatic carbocycles. The Labute approximate surface area is 212 Å². The molecule has 2 aromatic heterocycles. The number of aromatic nitrogens is 2. The zero-order valence-electron chi connectivity index (χ0n) is 19.3. The molecular formula is C24H21FN4O6S2. The maximum Gasteiger partial charge on any atom is 0.344 e. The summed E-state index contributed by atoms with van der Waals surface area (Å²) in [6, 6.07) is 14.3. The largest absolute Gasteiger partial charge is 0.404 e. The normalized spacial score (nSPS) is 11.9. The van der Waals surface area contributed by atoms with Crippen LogP contribution in [0.5, 0.6) is 5.88 Å². The van der Waals surface area contributed by atoms with Crippen molar-refractivity contribution in [3.05, 3.63) is 96.1 Å². The van der Waals surface area contributed by atoms with E-state index in [1.165, 1.54) is 54.7 Å². The number of primary sulfonamides is 1. The summed E-state index contributed by atoms with van der Waals surface area (Å²) in [7, 11) is -6.82. The van der Waals surface area contributed by atoms with Crippen LogP contribution >= 0.6 is 0 Å². The Morgan fingerprint density at radius 1 is 1.03 bits per heavy atom. The minimum absolute atomic E-state index is 0.0351. The third-order valence-electron chi connectivity index (χ3n) is 5.29. The van der Waals surface area contributed by atoms with E-state index in [-0.39, 0.29) is 44.6 Å². The van der Waals surface area contributed by atoms with Crippen molar-refractivity contribution in [3.8, 4) is 17.1 Å². The maximum atomic E-state index is 14.8. The number of carbonyl (C=O) groups excluding carboxylic acids is 1. The van der Waals surface area contributed by atoms with Crippen LogP contribution in [0.1, 0.15) is 15.9 Å². The summed E-state index contributed by atoms with van der Waals surface area (Å²) in [6.07, 6.45) is 2.51. The molecule has 4 aromatic rings. The molecule has 0 aliphatic heterocycles. The number of halogens is 1. The number of hydrogen-bond acceptors (Lipinski definition) is 8. The Morgan fingerprint density at radius 2 is 1.73 bits per heavy atom.